The molecule has 1 aliphatic heterocycles. The summed E-state index contributed by atoms with van der Waals surface area (Å²) in [6.07, 6.45) is 3.66. The number of nitrogens with zero attached hydrogens (tertiary/aromatic N) is 2. The van der Waals surface area contributed by atoms with E-state index in [4.69, 9.17) is 4.74 Å². The summed E-state index contributed by atoms with van der Waals surface area (Å²) in [5.74, 6) is 1.50. The van der Waals surface area contributed by atoms with Crippen LogP contribution in [0.4, 0.5) is 0 Å². The zero-order chi connectivity index (χ0) is 16.9. The monoisotopic (exact) mass is 330 g/mol. The lowest BCUT2D eigenvalue weighted by Crippen LogP contribution is -2.52. The van der Waals surface area contributed by atoms with E-state index in [2.05, 4.69) is 0 Å². The van der Waals surface area contributed by atoms with Crippen molar-refractivity contribution in [3.8, 4) is 5.75 Å². The van der Waals surface area contributed by atoms with Gasteiger partial charge in [-0.2, -0.15) is 0 Å². The molecule has 0 aromatic heterocycles. The molecule has 1 aromatic rings. The first-order valence-electron chi connectivity index (χ1n) is 8.95. The summed E-state index contributed by atoms with van der Waals surface area (Å²) in [6.45, 7) is 5.23. The van der Waals surface area contributed by atoms with Gasteiger partial charge in [0.05, 0.1) is 13.0 Å². The minimum atomic E-state index is 0.134. The molecule has 5 heteroatoms. The first-order valence-corrected chi connectivity index (χ1v) is 8.95. The van der Waals surface area contributed by atoms with Crippen molar-refractivity contribution < 1.29 is 14.3 Å². The predicted octanol–water partition coefficient (Wildman–Crippen LogP) is 2.10. The van der Waals surface area contributed by atoms with Crippen LogP contribution in [0.25, 0.3) is 0 Å². The molecule has 1 heterocycles. The summed E-state index contributed by atoms with van der Waals surface area (Å²) in [7, 11) is 0. The van der Waals surface area contributed by atoms with Gasteiger partial charge in [-0.25, -0.2) is 0 Å². The SMILES string of the molecule is CCOc1ccc(CC(=O)N2CCN(C(=O)C3CCC3)CC2)cc1. The number of hydrogen-bond acceptors (Lipinski definition) is 3. The maximum atomic E-state index is 12.4. The maximum absolute atomic E-state index is 12.4. The van der Waals surface area contributed by atoms with Crippen LogP contribution in [0.3, 0.4) is 0 Å². The molecule has 5 nitrogen and oxygen atoms in total. The Hall–Kier alpha value is -2.04. The molecule has 0 bridgehead atoms. The molecule has 1 aliphatic carbocycles. The van der Waals surface area contributed by atoms with Crippen LogP contribution in [0.1, 0.15) is 31.7 Å². The van der Waals surface area contributed by atoms with Crippen LogP contribution in [0.15, 0.2) is 24.3 Å². The standard InChI is InChI=1S/C19H26N2O3/c1-2-24-17-8-6-15(7-9-17)14-18(22)20-10-12-21(13-11-20)19(23)16-4-3-5-16/h6-9,16H,2-5,10-14H2,1H3. The Labute approximate surface area is 143 Å². The third-order valence-corrected chi connectivity index (χ3v) is 4.99. The minimum Gasteiger partial charge on any atom is -0.494 e. The molecule has 2 fully saturated rings. The highest BCUT2D eigenvalue weighted by molar-refractivity contribution is 5.81. The Morgan fingerprint density at radius 1 is 1.04 bits per heavy atom. The van der Waals surface area contributed by atoms with Gasteiger partial charge in [-0.15, -0.1) is 0 Å². The van der Waals surface area contributed by atoms with Gasteiger partial charge in [0.25, 0.3) is 0 Å². The molecule has 1 aromatic carbocycles. The van der Waals surface area contributed by atoms with E-state index < -0.39 is 0 Å². The number of piperazine rings is 1. The van der Waals surface area contributed by atoms with Crippen LogP contribution >= 0.6 is 0 Å². The second kappa shape index (κ2) is 7.69. The summed E-state index contributed by atoms with van der Waals surface area (Å²) in [6, 6.07) is 7.70. The quantitative estimate of drug-likeness (QED) is 0.831. The lowest BCUT2D eigenvalue weighted by atomic mass is 9.84. The van der Waals surface area contributed by atoms with E-state index in [9.17, 15) is 9.59 Å². The fourth-order valence-corrected chi connectivity index (χ4v) is 3.25. The molecule has 130 valence electrons. The number of carbonyl (C=O) groups is 2. The molecule has 0 radical (unpaired) electrons. The molecule has 0 atom stereocenters. The van der Waals surface area contributed by atoms with Crippen molar-refractivity contribution in [1.29, 1.82) is 0 Å². The van der Waals surface area contributed by atoms with E-state index in [0.717, 1.165) is 24.2 Å². The first-order chi connectivity index (χ1) is 11.7. The van der Waals surface area contributed by atoms with E-state index in [1.54, 1.807) is 0 Å². The van der Waals surface area contributed by atoms with E-state index >= 15 is 0 Å². The van der Waals surface area contributed by atoms with Crippen molar-refractivity contribution in [1.82, 2.24) is 9.80 Å². The molecule has 1 saturated heterocycles. The molecular formula is C19H26N2O3. The van der Waals surface area contributed by atoms with E-state index in [-0.39, 0.29) is 11.8 Å². The third-order valence-electron chi connectivity index (χ3n) is 4.99. The molecule has 3 rings (SSSR count). The van der Waals surface area contributed by atoms with Crippen LogP contribution in [0, 0.1) is 5.92 Å². The third kappa shape index (κ3) is 3.89. The fourth-order valence-electron chi connectivity index (χ4n) is 3.25. The van der Waals surface area contributed by atoms with Crippen LogP contribution in [0.2, 0.25) is 0 Å². The summed E-state index contributed by atoms with van der Waals surface area (Å²) < 4.78 is 5.42. The molecule has 0 N–H and O–H groups in total. The Balaban J connectivity index is 1.47. The fraction of sp³-hybridized carbons (Fsp3) is 0.579. The highest BCUT2D eigenvalue weighted by atomic mass is 16.5. The average molecular weight is 330 g/mol. The van der Waals surface area contributed by atoms with Crippen LogP contribution in [-0.2, 0) is 16.0 Å². The van der Waals surface area contributed by atoms with Crippen molar-refractivity contribution in [2.45, 2.75) is 32.6 Å². The van der Waals surface area contributed by atoms with E-state index in [1.807, 2.05) is 41.0 Å². The van der Waals surface area contributed by atoms with Crippen molar-refractivity contribution in [3.63, 3.8) is 0 Å². The summed E-state index contributed by atoms with van der Waals surface area (Å²) in [5, 5.41) is 0. The van der Waals surface area contributed by atoms with Crippen LogP contribution in [0.5, 0.6) is 5.75 Å². The second-order valence-electron chi connectivity index (χ2n) is 6.59. The van der Waals surface area contributed by atoms with Crippen molar-refractivity contribution in [2.75, 3.05) is 32.8 Å². The van der Waals surface area contributed by atoms with Crippen LogP contribution < -0.4 is 4.74 Å². The van der Waals surface area contributed by atoms with Gasteiger partial charge < -0.3 is 14.5 Å². The Morgan fingerprint density at radius 2 is 1.67 bits per heavy atom. The largest absolute Gasteiger partial charge is 0.494 e. The van der Waals surface area contributed by atoms with Crippen molar-refractivity contribution in [3.05, 3.63) is 29.8 Å². The van der Waals surface area contributed by atoms with Gasteiger partial charge in [-0.05, 0) is 37.5 Å². The normalized spacial score (nSPS) is 18.2. The lowest BCUT2D eigenvalue weighted by Gasteiger charge is -2.38. The topological polar surface area (TPSA) is 49.9 Å². The molecular weight excluding hydrogens is 304 g/mol. The molecule has 0 unspecified atom stereocenters. The number of hydrogen-bond donors (Lipinski definition) is 0. The summed E-state index contributed by atoms with van der Waals surface area (Å²) in [5.41, 5.74) is 0.997. The van der Waals surface area contributed by atoms with Gasteiger partial charge in [0.2, 0.25) is 11.8 Å². The Kier molecular flexibility index (Phi) is 5.38. The van der Waals surface area contributed by atoms with Gasteiger partial charge in [-0.3, -0.25) is 9.59 Å². The van der Waals surface area contributed by atoms with Gasteiger partial charge in [-0.1, -0.05) is 18.6 Å². The van der Waals surface area contributed by atoms with Crippen LogP contribution in [-0.4, -0.2) is 54.4 Å². The number of rotatable bonds is 5. The van der Waals surface area contributed by atoms with Crippen molar-refractivity contribution in [2.24, 2.45) is 5.92 Å². The average Bonchev–Trinajstić information content (AvgIpc) is 2.55. The van der Waals surface area contributed by atoms with Gasteiger partial charge in [0, 0.05) is 32.1 Å². The summed E-state index contributed by atoms with van der Waals surface area (Å²) >= 11 is 0. The Morgan fingerprint density at radius 3 is 2.21 bits per heavy atom. The highest BCUT2D eigenvalue weighted by Gasteiger charge is 2.31. The Bertz CT molecular complexity index is 573. The van der Waals surface area contributed by atoms with E-state index in [0.29, 0.717) is 45.1 Å². The number of carbonyl (C=O) groups excluding carboxylic acids is 2. The first kappa shape index (κ1) is 16.8. The lowest BCUT2D eigenvalue weighted by molar-refractivity contribution is -0.143. The zero-order valence-corrected chi connectivity index (χ0v) is 14.4. The highest BCUT2D eigenvalue weighted by Crippen LogP contribution is 2.28. The molecule has 1 saturated carbocycles. The number of amides is 2. The van der Waals surface area contributed by atoms with Gasteiger partial charge in [0.1, 0.15) is 5.75 Å². The zero-order valence-electron chi connectivity index (χ0n) is 14.4. The minimum absolute atomic E-state index is 0.134. The molecule has 0 spiro atoms. The van der Waals surface area contributed by atoms with Gasteiger partial charge in [0.15, 0.2) is 0 Å². The molecule has 2 amide bonds. The van der Waals surface area contributed by atoms with Gasteiger partial charge >= 0.3 is 0 Å². The smallest absolute Gasteiger partial charge is 0.227 e. The van der Waals surface area contributed by atoms with E-state index in [1.165, 1.54) is 6.42 Å². The summed E-state index contributed by atoms with van der Waals surface area (Å²) in [4.78, 5) is 28.5. The maximum Gasteiger partial charge on any atom is 0.227 e. The number of benzene rings is 1. The predicted molar refractivity (Wildman–Crippen MR) is 91.8 cm³/mol. The second-order valence-corrected chi connectivity index (χ2v) is 6.59. The van der Waals surface area contributed by atoms with Crippen molar-refractivity contribution >= 4 is 11.8 Å². The molecule has 2 aliphatic rings. The molecule has 24 heavy (non-hydrogen) atoms. The number of ether oxygens (including phenoxy) is 1.